The van der Waals surface area contributed by atoms with Crippen LogP contribution < -0.4 is 0 Å². The molecule has 0 heteroatoms. The number of benzene rings is 1. The molecule has 0 bridgehead atoms. The van der Waals surface area contributed by atoms with E-state index in [1.54, 1.807) is 16.7 Å². The van der Waals surface area contributed by atoms with Crippen LogP contribution in [-0.2, 0) is 0 Å². The Morgan fingerprint density at radius 3 is 2.85 bits per heavy atom. The summed E-state index contributed by atoms with van der Waals surface area (Å²) in [5.74, 6) is 0.629. The van der Waals surface area contributed by atoms with Crippen molar-refractivity contribution in [1.29, 1.82) is 0 Å². The summed E-state index contributed by atoms with van der Waals surface area (Å²) >= 11 is 0. The highest BCUT2D eigenvalue weighted by Gasteiger charge is 2.32. The molecule has 0 heterocycles. The SMILES string of the molecule is C1=C/C=C2/CCCCCC3C2=C(C=C1)c1ccccc13. The molecule has 0 radical (unpaired) electrons. The first kappa shape index (κ1) is 12.0. The first-order chi connectivity index (χ1) is 9.95. The summed E-state index contributed by atoms with van der Waals surface area (Å²) in [6.07, 6.45) is 17.8. The molecule has 0 saturated heterocycles. The lowest BCUT2D eigenvalue weighted by Gasteiger charge is -2.23. The fourth-order valence-electron chi connectivity index (χ4n) is 3.95. The molecule has 0 spiro atoms. The maximum absolute atomic E-state index is 2.35. The van der Waals surface area contributed by atoms with Gasteiger partial charge >= 0.3 is 0 Å². The summed E-state index contributed by atoms with van der Waals surface area (Å²) < 4.78 is 0. The predicted octanol–water partition coefficient (Wildman–Crippen LogP) is 5.55. The third kappa shape index (κ3) is 1.83. The molecule has 1 atom stereocenters. The smallest absolute Gasteiger partial charge is 0.0104 e. The van der Waals surface area contributed by atoms with E-state index < -0.39 is 0 Å². The molecular weight excluding hydrogens is 240 g/mol. The fraction of sp³-hybridized carbons (Fsp3) is 0.300. The van der Waals surface area contributed by atoms with Gasteiger partial charge in [0, 0.05) is 5.92 Å². The van der Waals surface area contributed by atoms with E-state index >= 15 is 0 Å². The molecule has 1 aromatic rings. The minimum atomic E-state index is 0.629. The van der Waals surface area contributed by atoms with Gasteiger partial charge in [-0.1, -0.05) is 67.5 Å². The second kappa shape index (κ2) is 4.94. The summed E-state index contributed by atoms with van der Waals surface area (Å²) in [5.41, 5.74) is 7.68. The van der Waals surface area contributed by atoms with Crippen molar-refractivity contribution in [3.63, 3.8) is 0 Å². The third-order valence-electron chi connectivity index (χ3n) is 4.83. The lowest BCUT2D eigenvalue weighted by molar-refractivity contribution is 0.576. The van der Waals surface area contributed by atoms with Crippen molar-refractivity contribution < 1.29 is 0 Å². The first-order valence-electron chi connectivity index (χ1n) is 7.83. The zero-order chi connectivity index (χ0) is 13.4. The Bertz CT molecular complexity index is 652. The van der Waals surface area contributed by atoms with Crippen molar-refractivity contribution in [1.82, 2.24) is 0 Å². The first-order valence-corrected chi connectivity index (χ1v) is 7.83. The van der Waals surface area contributed by atoms with Crippen LogP contribution in [0, 0.1) is 0 Å². The lowest BCUT2D eigenvalue weighted by atomic mass is 9.81. The van der Waals surface area contributed by atoms with Crippen LogP contribution in [0.1, 0.15) is 49.1 Å². The molecule has 1 aromatic carbocycles. The molecule has 0 aliphatic heterocycles. The third-order valence-corrected chi connectivity index (χ3v) is 4.83. The number of rotatable bonds is 0. The van der Waals surface area contributed by atoms with Gasteiger partial charge in [0.15, 0.2) is 0 Å². The molecule has 3 aliphatic carbocycles. The Hall–Kier alpha value is -1.82. The van der Waals surface area contributed by atoms with Crippen LogP contribution in [0.15, 0.2) is 65.8 Å². The Kier molecular flexibility index (Phi) is 2.95. The van der Waals surface area contributed by atoms with Crippen molar-refractivity contribution >= 4 is 5.57 Å². The van der Waals surface area contributed by atoms with Gasteiger partial charge in [-0.2, -0.15) is 0 Å². The van der Waals surface area contributed by atoms with Gasteiger partial charge in [0.1, 0.15) is 0 Å². The van der Waals surface area contributed by atoms with E-state index in [0.29, 0.717) is 5.92 Å². The van der Waals surface area contributed by atoms with Crippen LogP contribution in [0.5, 0.6) is 0 Å². The van der Waals surface area contributed by atoms with Gasteiger partial charge in [-0.25, -0.2) is 0 Å². The monoisotopic (exact) mass is 260 g/mol. The molecule has 0 nitrogen and oxygen atoms in total. The molecule has 0 aromatic heterocycles. The largest absolute Gasteiger partial charge is 0.0622 e. The predicted molar refractivity (Wildman–Crippen MR) is 85.6 cm³/mol. The van der Waals surface area contributed by atoms with E-state index in [1.807, 2.05) is 0 Å². The van der Waals surface area contributed by atoms with Crippen molar-refractivity contribution in [2.75, 3.05) is 0 Å². The van der Waals surface area contributed by atoms with Gasteiger partial charge in [-0.05, 0) is 47.1 Å². The van der Waals surface area contributed by atoms with Gasteiger partial charge in [0.2, 0.25) is 0 Å². The van der Waals surface area contributed by atoms with Crippen LogP contribution in [0.25, 0.3) is 5.57 Å². The van der Waals surface area contributed by atoms with Crippen molar-refractivity contribution in [3.05, 3.63) is 76.9 Å². The van der Waals surface area contributed by atoms with Gasteiger partial charge in [0.05, 0.1) is 0 Å². The van der Waals surface area contributed by atoms with Crippen molar-refractivity contribution in [2.24, 2.45) is 0 Å². The molecule has 100 valence electrons. The van der Waals surface area contributed by atoms with Crippen molar-refractivity contribution in [2.45, 2.75) is 38.0 Å². The quantitative estimate of drug-likeness (QED) is 0.573. The lowest BCUT2D eigenvalue weighted by Crippen LogP contribution is -2.05. The molecular formula is C20H20. The summed E-state index contributed by atoms with van der Waals surface area (Å²) in [7, 11) is 0. The maximum Gasteiger partial charge on any atom is 0.0104 e. The number of hydrogen-bond acceptors (Lipinski definition) is 0. The van der Waals surface area contributed by atoms with Crippen LogP contribution in [0.4, 0.5) is 0 Å². The van der Waals surface area contributed by atoms with Crippen LogP contribution in [-0.4, -0.2) is 0 Å². The molecule has 4 rings (SSSR count). The van der Waals surface area contributed by atoms with E-state index in [0.717, 1.165) is 0 Å². The zero-order valence-corrected chi connectivity index (χ0v) is 11.8. The highest BCUT2D eigenvalue weighted by atomic mass is 14.4. The second-order valence-corrected chi connectivity index (χ2v) is 6.00. The van der Waals surface area contributed by atoms with E-state index in [4.69, 9.17) is 0 Å². The Balaban J connectivity index is 1.95. The second-order valence-electron chi connectivity index (χ2n) is 6.00. The van der Waals surface area contributed by atoms with Gasteiger partial charge in [-0.15, -0.1) is 0 Å². The summed E-state index contributed by atoms with van der Waals surface area (Å²) in [6.45, 7) is 0. The molecule has 0 N–H and O–H groups in total. The summed E-state index contributed by atoms with van der Waals surface area (Å²) in [6, 6.07) is 9.02. The Labute approximate surface area is 121 Å². The summed E-state index contributed by atoms with van der Waals surface area (Å²) in [5, 5.41) is 0. The van der Waals surface area contributed by atoms with Crippen LogP contribution in [0.3, 0.4) is 0 Å². The minimum Gasteiger partial charge on any atom is -0.0622 e. The van der Waals surface area contributed by atoms with E-state index in [2.05, 4.69) is 54.6 Å². The Morgan fingerprint density at radius 2 is 1.85 bits per heavy atom. The molecule has 20 heavy (non-hydrogen) atoms. The zero-order valence-electron chi connectivity index (χ0n) is 11.8. The molecule has 1 unspecified atom stereocenters. The van der Waals surface area contributed by atoms with Gasteiger partial charge < -0.3 is 0 Å². The van der Waals surface area contributed by atoms with E-state index in [9.17, 15) is 0 Å². The van der Waals surface area contributed by atoms with E-state index in [1.165, 1.54) is 43.2 Å². The maximum atomic E-state index is 2.35. The van der Waals surface area contributed by atoms with Gasteiger partial charge in [-0.3, -0.25) is 0 Å². The van der Waals surface area contributed by atoms with Crippen molar-refractivity contribution in [3.8, 4) is 0 Å². The minimum absolute atomic E-state index is 0.629. The highest BCUT2D eigenvalue weighted by Crippen LogP contribution is 2.50. The summed E-state index contributed by atoms with van der Waals surface area (Å²) in [4.78, 5) is 0. The normalized spacial score (nSPS) is 26.8. The fourth-order valence-corrected chi connectivity index (χ4v) is 3.95. The standard InChI is InChI=1S/C20H20/c1-3-9-15-10-4-2-6-14-19-17-12-8-7-11-16(17)18(13-5-1)20(15)19/h1,3,5,7-9,11-13,19H,2,4,6,10,14H2/b3-1?,5-1?,9-3?,13-5?,15-9-,18-13?,20-15?. The number of hydrogen-bond donors (Lipinski definition) is 0. The van der Waals surface area contributed by atoms with Gasteiger partial charge in [0.25, 0.3) is 0 Å². The number of fused-ring (bicyclic) bond motifs is 3. The molecule has 3 aliphatic rings. The number of allylic oxidation sites excluding steroid dienone is 8. The highest BCUT2D eigenvalue weighted by molar-refractivity contribution is 5.88. The molecule has 1 fully saturated rings. The van der Waals surface area contributed by atoms with Crippen LogP contribution in [0.2, 0.25) is 0 Å². The topological polar surface area (TPSA) is 0 Å². The molecule has 1 saturated carbocycles. The van der Waals surface area contributed by atoms with E-state index in [-0.39, 0.29) is 0 Å². The Morgan fingerprint density at radius 1 is 0.900 bits per heavy atom. The van der Waals surface area contributed by atoms with Crippen LogP contribution >= 0.6 is 0 Å². The molecule has 0 amide bonds. The average molecular weight is 260 g/mol. The average Bonchev–Trinajstić information content (AvgIpc) is 2.72.